The molecule has 0 amide bonds. The zero-order valence-corrected chi connectivity index (χ0v) is 12.5. The van der Waals surface area contributed by atoms with Crippen molar-refractivity contribution >= 4 is 0 Å². The molecule has 3 atom stereocenters. The summed E-state index contributed by atoms with van der Waals surface area (Å²) in [6.07, 6.45) is 3.65. The number of nitrogens with one attached hydrogen (secondary N) is 1. The normalized spacial score (nSPS) is 33.4. The van der Waals surface area contributed by atoms with Gasteiger partial charge in [-0.3, -0.25) is 0 Å². The van der Waals surface area contributed by atoms with Crippen molar-refractivity contribution in [2.24, 2.45) is 5.41 Å². The van der Waals surface area contributed by atoms with Gasteiger partial charge in [0.05, 0.1) is 6.10 Å². The number of fused-ring (bicyclic) bond motifs is 1. The first-order valence-corrected chi connectivity index (χ1v) is 7.41. The Morgan fingerprint density at radius 3 is 2.84 bits per heavy atom. The van der Waals surface area contributed by atoms with Gasteiger partial charge in [0.15, 0.2) is 0 Å². The zero-order chi connectivity index (χ0) is 13.6. The molecule has 1 aliphatic heterocycles. The molecule has 3 unspecified atom stereocenters. The van der Waals surface area contributed by atoms with E-state index in [-0.39, 0.29) is 0 Å². The Bertz CT molecular complexity index is 463. The Hall–Kier alpha value is -0.800. The van der Waals surface area contributed by atoms with Crippen molar-refractivity contribution < 1.29 is 9.15 Å². The number of ether oxygens (including phenoxy) is 1. The number of hydrogen-bond donors (Lipinski definition) is 1. The average molecular weight is 263 g/mol. The van der Waals surface area contributed by atoms with Crippen LogP contribution >= 0.6 is 0 Å². The minimum Gasteiger partial charge on any atom is -0.466 e. The molecule has 1 saturated heterocycles. The molecular weight excluding hydrogens is 238 g/mol. The van der Waals surface area contributed by atoms with Crippen molar-refractivity contribution in [3.8, 4) is 0 Å². The van der Waals surface area contributed by atoms with Crippen LogP contribution < -0.4 is 5.32 Å². The smallest absolute Gasteiger partial charge is 0.109 e. The summed E-state index contributed by atoms with van der Waals surface area (Å²) in [5.74, 6) is 2.21. The molecule has 19 heavy (non-hydrogen) atoms. The predicted octanol–water partition coefficient (Wildman–Crippen LogP) is 3.37. The van der Waals surface area contributed by atoms with Crippen LogP contribution in [0.4, 0.5) is 0 Å². The Labute approximate surface area is 115 Å². The number of furan rings is 1. The molecule has 1 fully saturated rings. The summed E-state index contributed by atoms with van der Waals surface area (Å²) in [5, 5.41) is 3.81. The highest BCUT2D eigenvalue weighted by atomic mass is 16.5. The highest BCUT2D eigenvalue weighted by Gasteiger charge is 2.37. The summed E-state index contributed by atoms with van der Waals surface area (Å²) in [4.78, 5) is 0. The predicted molar refractivity (Wildman–Crippen MR) is 75.2 cm³/mol. The fraction of sp³-hybridized carbons (Fsp3) is 0.750. The third kappa shape index (κ3) is 2.59. The fourth-order valence-electron chi connectivity index (χ4n) is 3.54. The van der Waals surface area contributed by atoms with Crippen LogP contribution in [0, 0.1) is 12.3 Å². The van der Waals surface area contributed by atoms with Gasteiger partial charge in [-0.1, -0.05) is 13.8 Å². The van der Waals surface area contributed by atoms with Crippen LogP contribution in [0.15, 0.2) is 10.5 Å². The monoisotopic (exact) mass is 263 g/mol. The largest absolute Gasteiger partial charge is 0.466 e. The van der Waals surface area contributed by atoms with Gasteiger partial charge in [0.1, 0.15) is 11.5 Å². The second-order valence-corrected chi connectivity index (χ2v) is 6.97. The van der Waals surface area contributed by atoms with Crippen LogP contribution in [0.2, 0.25) is 0 Å². The van der Waals surface area contributed by atoms with Gasteiger partial charge < -0.3 is 14.5 Å². The molecule has 1 aliphatic carbocycles. The first kappa shape index (κ1) is 13.2. The summed E-state index contributed by atoms with van der Waals surface area (Å²) in [6.45, 7) is 9.75. The van der Waals surface area contributed by atoms with E-state index in [1.165, 1.54) is 17.7 Å². The van der Waals surface area contributed by atoms with E-state index in [4.69, 9.17) is 9.15 Å². The molecular formula is C16H25NO2. The van der Waals surface area contributed by atoms with Crippen molar-refractivity contribution in [1.82, 2.24) is 5.32 Å². The Balaban J connectivity index is 1.83. The van der Waals surface area contributed by atoms with Gasteiger partial charge >= 0.3 is 0 Å². The lowest BCUT2D eigenvalue weighted by molar-refractivity contribution is 0.107. The van der Waals surface area contributed by atoms with Gasteiger partial charge in [0, 0.05) is 30.7 Å². The van der Waals surface area contributed by atoms with E-state index in [9.17, 15) is 0 Å². The van der Waals surface area contributed by atoms with Gasteiger partial charge in [-0.15, -0.1) is 0 Å². The van der Waals surface area contributed by atoms with Crippen LogP contribution in [-0.2, 0) is 11.2 Å². The molecule has 0 bridgehead atoms. The zero-order valence-electron chi connectivity index (χ0n) is 12.5. The Morgan fingerprint density at radius 2 is 2.16 bits per heavy atom. The molecule has 2 heterocycles. The second kappa shape index (κ2) is 4.64. The lowest BCUT2D eigenvalue weighted by Crippen LogP contribution is -2.41. The minimum atomic E-state index is 0.303. The maximum absolute atomic E-state index is 5.89. The van der Waals surface area contributed by atoms with Crippen LogP contribution in [-0.4, -0.2) is 18.8 Å². The number of rotatable bonds is 2. The molecule has 0 aromatic carbocycles. The summed E-state index contributed by atoms with van der Waals surface area (Å²) in [6, 6.07) is 3.09. The van der Waals surface area contributed by atoms with Gasteiger partial charge in [-0.2, -0.15) is 0 Å². The van der Waals surface area contributed by atoms with Crippen molar-refractivity contribution in [2.45, 2.75) is 65.1 Å². The topological polar surface area (TPSA) is 34.4 Å². The minimum absolute atomic E-state index is 0.303. The highest BCUT2D eigenvalue weighted by Crippen LogP contribution is 2.42. The van der Waals surface area contributed by atoms with E-state index < -0.39 is 0 Å². The second-order valence-electron chi connectivity index (χ2n) is 6.97. The van der Waals surface area contributed by atoms with Gasteiger partial charge in [0.2, 0.25) is 0 Å². The Kier molecular flexibility index (Phi) is 3.22. The maximum atomic E-state index is 5.89. The standard InChI is InChI=1S/C16H25NO2/c1-10-7-12-14(17-13-5-6-18-11(13)2)8-16(3,4)9-15(12)19-10/h7,11,13-14,17H,5-6,8-9H2,1-4H3. The summed E-state index contributed by atoms with van der Waals surface area (Å²) < 4.78 is 11.6. The average Bonchev–Trinajstić information content (AvgIpc) is 2.84. The van der Waals surface area contributed by atoms with Crippen LogP contribution in [0.25, 0.3) is 0 Å². The molecule has 1 aromatic rings. The molecule has 3 nitrogen and oxygen atoms in total. The van der Waals surface area contributed by atoms with E-state index in [0.29, 0.717) is 23.6 Å². The van der Waals surface area contributed by atoms with E-state index >= 15 is 0 Å². The highest BCUT2D eigenvalue weighted by molar-refractivity contribution is 5.29. The Morgan fingerprint density at radius 1 is 1.37 bits per heavy atom. The number of hydrogen-bond acceptors (Lipinski definition) is 3. The third-order valence-corrected chi connectivity index (χ3v) is 4.53. The summed E-state index contributed by atoms with van der Waals surface area (Å²) >= 11 is 0. The molecule has 3 rings (SSSR count). The molecule has 0 radical (unpaired) electrons. The molecule has 1 N–H and O–H groups in total. The van der Waals surface area contributed by atoms with E-state index in [0.717, 1.165) is 25.2 Å². The first-order valence-electron chi connectivity index (χ1n) is 7.41. The van der Waals surface area contributed by atoms with Crippen LogP contribution in [0.1, 0.15) is 56.7 Å². The maximum Gasteiger partial charge on any atom is 0.109 e. The molecule has 1 aromatic heterocycles. The number of aryl methyl sites for hydroxylation is 1. The van der Waals surface area contributed by atoms with Crippen molar-refractivity contribution in [3.05, 3.63) is 23.2 Å². The van der Waals surface area contributed by atoms with Crippen molar-refractivity contribution in [1.29, 1.82) is 0 Å². The molecule has 0 spiro atoms. The molecule has 2 aliphatic rings. The quantitative estimate of drug-likeness (QED) is 0.888. The first-order chi connectivity index (χ1) is 8.94. The SMILES string of the molecule is Cc1cc2c(o1)CC(C)(C)CC2NC1CCOC1C. The van der Waals surface area contributed by atoms with Gasteiger partial charge in [0.25, 0.3) is 0 Å². The lowest BCUT2D eigenvalue weighted by Gasteiger charge is -2.36. The molecule has 0 saturated carbocycles. The third-order valence-electron chi connectivity index (χ3n) is 4.53. The van der Waals surface area contributed by atoms with Crippen molar-refractivity contribution in [2.75, 3.05) is 6.61 Å². The molecule has 106 valence electrons. The van der Waals surface area contributed by atoms with Crippen LogP contribution in [0.5, 0.6) is 0 Å². The lowest BCUT2D eigenvalue weighted by atomic mass is 9.74. The van der Waals surface area contributed by atoms with Gasteiger partial charge in [-0.25, -0.2) is 0 Å². The van der Waals surface area contributed by atoms with E-state index in [1.54, 1.807) is 0 Å². The fourth-order valence-corrected chi connectivity index (χ4v) is 3.54. The summed E-state index contributed by atoms with van der Waals surface area (Å²) in [5.41, 5.74) is 1.67. The van der Waals surface area contributed by atoms with Crippen LogP contribution in [0.3, 0.4) is 0 Å². The van der Waals surface area contributed by atoms with Gasteiger partial charge in [-0.05, 0) is 38.2 Å². The van der Waals surface area contributed by atoms with E-state index in [1.807, 2.05) is 6.92 Å². The van der Waals surface area contributed by atoms with Crippen molar-refractivity contribution in [3.63, 3.8) is 0 Å². The summed E-state index contributed by atoms with van der Waals surface area (Å²) in [7, 11) is 0. The van der Waals surface area contributed by atoms with E-state index in [2.05, 4.69) is 32.2 Å². The molecule has 3 heteroatoms.